The molecule has 0 radical (unpaired) electrons. The lowest BCUT2D eigenvalue weighted by Crippen LogP contribution is -2.16. The van der Waals surface area contributed by atoms with Gasteiger partial charge in [0.25, 0.3) is 0 Å². The predicted molar refractivity (Wildman–Crippen MR) is 86.5 cm³/mol. The molecule has 110 valence electrons. The highest BCUT2D eigenvalue weighted by Crippen LogP contribution is 2.39. The van der Waals surface area contributed by atoms with E-state index in [1.165, 1.54) is 18.4 Å². The van der Waals surface area contributed by atoms with Crippen molar-refractivity contribution in [3.05, 3.63) is 28.2 Å². The molecule has 1 aliphatic carbocycles. The molecule has 1 aromatic rings. The summed E-state index contributed by atoms with van der Waals surface area (Å²) in [6.45, 7) is 3.16. The molecule has 1 aromatic carbocycles. The minimum Gasteiger partial charge on any atom is -0.495 e. The van der Waals surface area contributed by atoms with E-state index in [2.05, 4.69) is 34.2 Å². The van der Waals surface area contributed by atoms with E-state index < -0.39 is 0 Å². The van der Waals surface area contributed by atoms with Gasteiger partial charge in [-0.3, -0.25) is 0 Å². The van der Waals surface area contributed by atoms with Crippen LogP contribution in [0.15, 0.2) is 22.7 Å². The van der Waals surface area contributed by atoms with Gasteiger partial charge in [0.05, 0.1) is 14.2 Å². The minimum absolute atomic E-state index is 0.772. The molecule has 0 spiro atoms. The van der Waals surface area contributed by atoms with Crippen LogP contribution in [0, 0.1) is 0 Å². The van der Waals surface area contributed by atoms with Crippen molar-refractivity contribution in [1.82, 2.24) is 5.32 Å². The van der Waals surface area contributed by atoms with E-state index in [0.29, 0.717) is 0 Å². The van der Waals surface area contributed by atoms with E-state index in [-0.39, 0.29) is 0 Å². The molecule has 0 aromatic heterocycles. The molecular weight excluding hydrogens is 318 g/mol. The van der Waals surface area contributed by atoms with E-state index in [9.17, 15) is 0 Å². The first kappa shape index (κ1) is 15.4. The average Bonchev–Trinajstić information content (AvgIpc) is 3.27. The Bertz CT molecular complexity index is 495. The number of benzene rings is 1. The number of rotatable bonds is 7. The Hall–Kier alpha value is -1.00. The summed E-state index contributed by atoms with van der Waals surface area (Å²) in [7, 11) is 3.34. The van der Waals surface area contributed by atoms with Crippen LogP contribution in [-0.4, -0.2) is 26.8 Å². The molecule has 1 fully saturated rings. The standard InChI is InChI=1S/C16H22BrNO2/c1-11(5-4-10-18-12-6-7-12)13-8-9-14(19-2)15(17)16(13)20-3/h5,8-9,12,18H,4,6-7,10H2,1-3H3/b11-5+. The number of nitrogens with one attached hydrogen (secondary N) is 1. The van der Waals surface area contributed by atoms with Crippen molar-refractivity contribution in [1.29, 1.82) is 0 Å². The molecule has 0 bridgehead atoms. The van der Waals surface area contributed by atoms with Gasteiger partial charge in [-0.2, -0.15) is 0 Å². The SMILES string of the molecule is COc1ccc(/C(C)=C/CCNC2CC2)c(OC)c1Br. The van der Waals surface area contributed by atoms with Gasteiger partial charge in [-0.05, 0) is 66.4 Å². The molecule has 0 unspecified atom stereocenters. The predicted octanol–water partition coefficient (Wildman–Crippen LogP) is 4.01. The number of halogens is 1. The molecule has 4 heteroatoms. The van der Waals surface area contributed by atoms with Crippen LogP contribution in [0.25, 0.3) is 5.57 Å². The summed E-state index contributed by atoms with van der Waals surface area (Å²) in [5, 5.41) is 3.52. The Morgan fingerprint density at radius 3 is 2.70 bits per heavy atom. The third-order valence-electron chi connectivity index (χ3n) is 3.52. The van der Waals surface area contributed by atoms with Gasteiger partial charge in [-0.1, -0.05) is 6.08 Å². The van der Waals surface area contributed by atoms with Crippen molar-refractivity contribution < 1.29 is 9.47 Å². The van der Waals surface area contributed by atoms with Gasteiger partial charge in [0.2, 0.25) is 0 Å². The van der Waals surface area contributed by atoms with E-state index >= 15 is 0 Å². The molecule has 0 aliphatic heterocycles. The van der Waals surface area contributed by atoms with Gasteiger partial charge in [0, 0.05) is 11.6 Å². The Balaban J connectivity index is 2.08. The lowest BCUT2D eigenvalue weighted by molar-refractivity contribution is 0.388. The van der Waals surface area contributed by atoms with E-state index in [4.69, 9.17) is 9.47 Å². The van der Waals surface area contributed by atoms with Crippen molar-refractivity contribution in [3.8, 4) is 11.5 Å². The summed E-state index contributed by atoms with van der Waals surface area (Å²) < 4.78 is 11.7. The molecule has 0 atom stereocenters. The summed E-state index contributed by atoms with van der Waals surface area (Å²) in [6.07, 6.45) is 5.96. The maximum atomic E-state index is 5.51. The Kier molecular flexibility index (Phi) is 5.49. The smallest absolute Gasteiger partial charge is 0.144 e. The summed E-state index contributed by atoms with van der Waals surface area (Å²) in [5.74, 6) is 1.61. The van der Waals surface area contributed by atoms with Crippen LogP contribution in [0.3, 0.4) is 0 Å². The summed E-state index contributed by atoms with van der Waals surface area (Å²) in [4.78, 5) is 0. The Labute approximate surface area is 129 Å². The molecule has 20 heavy (non-hydrogen) atoms. The monoisotopic (exact) mass is 339 g/mol. The van der Waals surface area contributed by atoms with E-state index in [1.807, 2.05) is 12.1 Å². The highest BCUT2D eigenvalue weighted by Gasteiger charge is 2.19. The third kappa shape index (κ3) is 3.76. The first-order valence-electron chi connectivity index (χ1n) is 6.98. The lowest BCUT2D eigenvalue weighted by atomic mass is 10.0. The fraction of sp³-hybridized carbons (Fsp3) is 0.500. The van der Waals surface area contributed by atoms with Gasteiger partial charge >= 0.3 is 0 Å². The van der Waals surface area contributed by atoms with Gasteiger partial charge < -0.3 is 14.8 Å². The fourth-order valence-electron chi connectivity index (χ4n) is 2.18. The van der Waals surface area contributed by atoms with Gasteiger partial charge in [-0.15, -0.1) is 0 Å². The molecule has 0 amide bonds. The molecule has 3 nitrogen and oxygen atoms in total. The quantitative estimate of drug-likeness (QED) is 0.761. The molecular formula is C16H22BrNO2. The zero-order valence-corrected chi connectivity index (χ0v) is 13.9. The van der Waals surface area contributed by atoms with Gasteiger partial charge in [-0.25, -0.2) is 0 Å². The van der Waals surface area contributed by atoms with Crippen LogP contribution in [0.1, 0.15) is 31.7 Å². The summed E-state index contributed by atoms with van der Waals surface area (Å²) >= 11 is 3.54. The van der Waals surface area contributed by atoms with E-state index in [0.717, 1.165) is 40.5 Å². The number of ether oxygens (including phenoxy) is 2. The highest BCUT2D eigenvalue weighted by atomic mass is 79.9. The zero-order chi connectivity index (χ0) is 14.5. The van der Waals surface area contributed by atoms with Crippen LogP contribution in [0.2, 0.25) is 0 Å². The van der Waals surface area contributed by atoms with Crippen LogP contribution in [0.5, 0.6) is 11.5 Å². The first-order chi connectivity index (χ1) is 9.67. The van der Waals surface area contributed by atoms with Crippen LogP contribution in [0.4, 0.5) is 0 Å². The van der Waals surface area contributed by atoms with E-state index in [1.54, 1.807) is 14.2 Å². The number of hydrogen-bond acceptors (Lipinski definition) is 3. The average molecular weight is 340 g/mol. The maximum absolute atomic E-state index is 5.51. The van der Waals surface area contributed by atoms with Crippen LogP contribution in [-0.2, 0) is 0 Å². The topological polar surface area (TPSA) is 30.5 Å². The third-order valence-corrected chi connectivity index (χ3v) is 4.27. The lowest BCUT2D eigenvalue weighted by Gasteiger charge is -2.14. The Morgan fingerprint density at radius 1 is 1.35 bits per heavy atom. The second-order valence-corrected chi connectivity index (χ2v) is 5.86. The van der Waals surface area contributed by atoms with Gasteiger partial charge in [0.15, 0.2) is 0 Å². The zero-order valence-electron chi connectivity index (χ0n) is 12.3. The van der Waals surface area contributed by atoms with Crippen molar-refractivity contribution in [2.75, 3.05) is 20.8 Å². The Morgan fingerprint density at radius 2 is 2.10 bits per heavy atom. The van der Waals surface area contributed by atoms with Crippen LogP contribution >= 0.6 is 15.9 Å². The maximum Gasteiger partial charge on any atom is 0.144 e. The van der Waals surface area contributed by atoms with Crippen molar-refractivity contribution in [2.45, 2.75) is 32.2 Å². The second-order valence-electron chi connectivity index (χ2n) is 5.07. The van der Waals surface area contributed by atoms with Gasteiger partial charge in [0.1, 0.15) is 16.0 Å². The second kappa shape index (κ2) is 7.14. The minimum atomic E-state index is 0.772. The molecule has 1 N–H and O–H groups in total. The van der Waals surface area contributed by atoms with Crippen molar-refractivity contribution in [2.24, 2.45) is 0 Å². The fourth-order valence-corrected chi connectivity index (χ4v) is 2.85. The van der Waals surface area contributed by atoms with Crippen molar-refractivity contribution in [3.63, 3.8) is 0 Å². The number of allylic oxidation sites excluding steroid dienone is 1. The van der Waals surface area contributed by atoms with Crippen molar-refractivity contribution >= 4 is 21.5 Å². The molecule has 1 saturated carbocycles. The molecule has 0 saturated heterocycles. The molecule has 1 aliphatic rings. The highest BCUT2D eigenvalue weighted by molar-refractivity contribution is 9.10. The molecule has 0 heterocycles. The van der Waals surface area contributed by atoms with Crippen LogP contribution < -0.4 is 14.8 Å². The molecule has 2 rings (SSSR count). The number of methoxy groups -OCH3 is 2. The number of hydrogen-bond donors (Lipinski definition) is 1. The first-order valence-corrected chi connectivity index (χ1v) is 7.77. The largest absolute Gasteiger partial charge is 0.495 e. The summed E-state index contributed by atoms with van der Waals surface area (Å²) in [6, 6.07) is 4.78. The summed E-state index contributed by atoms with van der Waals surface area (Å²) in [5.41, 5.74) is 2.33. The normalized spacial score (nSPS) is 15.3.